The average molecular weight is 472 g/mol. The van der Waals surface area contributed by atoms with Crippen LogP contribution in [0.3, 0.4) is 0 Å². The van der Waals surface area contributed by atoms with Crippen LogP contribution >= 0.6 is 23.1 Å². The van der Waals surface area contributed by atoms with Crippen molar-refractivity contribution in [2.75, 3.05) is 5.32 Å². The SMILES string of the molecule is c1ccc2c(c1)Nc1ccc(-n3c4cccnc4c4c5sc6ccccc6c5ccc43)cc1S2. The molecule has 0 radical (unpaired) electrons. The van der Waals surface area contributed by atoms with E-state index < -0.39 is 0 Å². The van der Waals surface area contributed by atoms with Crippen molar-refractivity contribution in [2.45, 2.75) is 9.79 Å². The van der Waals surface area contributed by atoms with Crippen LogP contribution in [0.1, 0.15) is 0 Å². The van der Waals surface area contributed by atoms with Gasteiger partial charge in [0.2, 0.25) is 0 Å². The third-order valence-corrected chi connectivity index (χ3v) is 8.97. The molecule has 1 aliphatic rings. The van der Waals surface area contributed by atoms with Crippen molar-refractivity contribution < 1.29 is 0 Å². The summed E-state index contributed by atoms with van der Waals surface area (Å²) in [6.45, 7) is 0. The maximum absolute atomic E-state index is 4.86. The molecule has 0 aliphatic carbocycles. The van der Waals surface area contributed by atoms with Gasteiger partial charge in [-0.2, -0.15) is 0 Å². The second-order valence-electron chi connectivity index (χ2n) is 8.54. The largest absolute Gasteiger partial charge is 0.354 e. The molecule has 0 amide bonds. The topological polar surface area (TPSA) is 29.9 Å². The molecule has 7 aromatic rings. The molecule has 4 aromatic carbocycles. The predicted octanol–water partition coefficient (Wildman–Crippen LogP) is 8.75. The lowest BCUT2D eigenvalue weighted by atomic mass is 10.1. The van der Waals surface area contributed by atoms with Gasteiger partial charge in [0, 0.05) is 47.2 Å². The van der Waals surface area contributed by atoms with Crippen LogP contribution in [0, 0.1) is 0 Å². The van der Waals surface area contributed by atoms with Crippen LogP contribution in [0.5, 0.6) is 0 Å². The van der Waals surface area contributed by atoms with Crippen LogP contribution < -0.4 is 5.32 Å². The normalized spacial score (nSPS) is 12.8. The Balaban J connectivity index is 1.42. The second-order valence-corrected chi connectivity index (χ2v) is 10.7. The highest BCUT2D eigenvalue weighted by atomic mass is 32.2. The van der Waals surface area contributed by atoms with Gasteiger partial charge in [0.15, 0.2) is 0 Å². The summed E-state index contributed by atoms with van der Waals surface area (Å²) in [5, 5.41) is 7.45. The van der Waals surface area contributed by atoms with E-state index >= 15 is 0 Å². The Hall–Kier alpha value is -3.80. The lowest BCUT2D eigenvalue weighted by Gasteiger charge is -2.21. The predicted molar refractivity (Wildman–Crippen MR) is 145 cm³/mol. The first-order valence-corrected chi connectivity index (χ1v) is 12.9. The maximum atomic E-state index is 4.86. The van der Waals surface area contributed by atoms with Crippen molar-refractivity contribution in [1.29, 1.82) is 0 Å². The van der Waals surface area contributed by atoms with E-state index in [4.69, 9.17) is 4.98 Å². The van der Waals surface area contributed by atoms with E-state index in [0.717, 1.165) is 22.4 Å². The molecule has 0 saturated carbocycles. The molecule has 0 bridgehead atoms. The van der Waals surface area contributed by atoms with E-state index in [0.29, 0.717) is 0 Å². The van der Waals surface area contributed by atoms with Gasteiger partial charge in [0.1, 0.15) is 0 Å². The quantitative estimate of drug-likeness (QED) is 0.259. The van der Waals surface area contributed by atoms with E-state index in [1.807, 2.05) is 35.4 Å². The van der Waals surface area contributed by atoms with Gasteiger partial charge in [-0.1, -0.05) is 48.2 Å². The first-order valence-electron chi connectivity index (χ1n) is 11.2. The molecular formula is C29H17N3S2. The highest BCUT2D eigenvalue weighted by Gasteiger charge is 2.20. The number of benzene rings is 4. The number of thiophene rings is 1. The van der Waals surface area contributed by atoms with Crippen molar-refractivity contribution in [3.8, 4) is 5.69 Å². The fourth-order valence-corrected chi connectivity index (χ4v) is 7.40. The Labute approximate surface area is 203 Å². The van der Waals surface area contributed by atoms with E-state index in [9.17, 15) is 0 Å². The lowest BCUT2D eigenvalue weighted by molar-refractivity contribution is 1.15. The highest BCUT2D eigenvalue weighted by Crippen LogP contribution is 2.46. The van der Waals surface area contributed by atoms with Crippen molar-refractivity contribution in [2.24, 2.45) is 0 Å². The molecule has 0 spiro atoms. The number of pyridine rings is 1. The van der Waals surface area contributed by atoms with E-state index in [-0.39, 0.29) is 0 Å². The molecule has 1 N–H and O–H groups in total. The molecule has 0 atom stereocenters. The zero-order valence-corrected chi connectivity index (χ0v) is 19.6. The second kappa shape index (κ2) is 6.86. The minimum Gasteiger partial charge on any atom is -0.354 e. The lowest BCUT2D eigenvalue weighted by Crippen LogP contribution is -2.01. The van der Waals surface area contributed by atoms with Gasteiger partial charge in [-0.05, 0) is 54.6 Å². The monoisotopic (exact) mass is 471 g/mol. The van der Waals surface area contributed by atoms with Gasteiger partial charge >= 0.3 is 0 Å². The Bertz CT molecular complexity index is 1930. The molecule has 8 rings (SSSR count). The van der Waals surface area contributed by atoms with Crippen LogP contribution in [0.2, 0.25) is 0 Å². The summed E-state index contributed by atoms with van der Waals surface area (Å²) in [5.41, 5.74) is 6.86. The molecule has 0 fully saturated rings. The molecule has 3 aromatic heterocycles. The zero-order valence-electron chi connectivity index (χ0n) is 17.9. The minimum absolute atomic E-state index is 1.06. The number of para-hydroxylation sites is 1. The van der Waals surface area contributed by atoms with Crippen LogP contribution in [0.4, 0.5) is 11.4 Å². The van der Waals surface area contributed by atoms with Gasteiger partial charge in [0.05, 0.1) is 27.9 Å². The number of hydrogen-bond donors (Lipinski definition) is 1. The maximum Gasteiger partial charge on any atom is 0.0977 e. The number of aromatic nitrogens is 2. The molecule has 160 valence electrons. The van der Waals surface area contributed by atoms with E-state index in [2.05, 4.69) is 94.8 Å². The highest BCUT2D eigenvalue weighted by molar-refractivity contribution is 7.99. The van der Waals surface area contributed by atoms with Gasteiger partial charge in [-0.3, -0.25) is 4.98 Å². The van der Waals surface area contributed by atoms with Gasteiger partial charge < -0.3 is 9.88 Å². The third kappa shape index (κ3) is 2.51. The average Bonchev–Trinajstić information content (AvgIpc) is 3.43. The van der Waals surface area contributed by atoms with Crippen molar-refractivity contribution in [3.63, 3.8) is 0 Å². The van der Waals surface area contributed by atoms with Crippen LogP contribution in [-0.4, -0.2) is 9.55 Å². The number of fused-ring (bicyclic) bond motifs is 9. The molecule has 5 heteroatoms. The summed E-state index contributed by atoms with van der Waals surface area (Å²) in [6, 6.07) is 32.6. The summed E-state index contributed by atoms with van der Waals surface area (Å²) >= 11 is 3.68. The van der Waals surface area contributed by atoms with Crippen LogP contribution in [-0.2, 0) is 0 Å². The Morgan fingerprint density at radius 2 is 1.59 bits per heavy atom. The number of anilines is 2. The van der Waals surface area contributed by atoms with E-state index in [1.165, 1.54) is 46.6 Å². The fraction of sp³-hybridized carbons (Fsp3) is 0. The number of rotatable bonds is 1. The number of hydrogen-bond acceptors (Lipinski definition) is 4. The Morgan fingerprint density at radius 1 is 0.706 bits per heavy atom. The Kier molecular flexibility index (Phi) is 3.75. The smallest absolute Gasteiger partial charge is 0.0977 e. The summed E-state index contributed by atoms with van der Waals surface area (Å²) in [5.74, 6) is 0. The summed E-state index contributed by atoms with van der Waals surface area (Å²) < 4.78 is 4.99. The van der Waals surface area contributed by atoms with Gasteiger partial charge in [-0.25, -0.2) is 0 Å². The zero-order chi connectivity index (χ0) is 22.2. The first kappa shape index (κ1) is 18.6. The molecule has 1 aliphatic heterocycles. The molecule has 3 nitrogen and oxygen atoms in total. The third-order valence-electron chi connectivity index (χ3n) is 6.63. The summed E-state index contributed by atoms with van der Waals surface area (Å²) in [4.78, 5) is 7.35. The van der Waals surface area contributed by atoms with Crippen LogP contribution in [0.25, 0.3) is 47.8 Å². The molecule has 0 unspecified atom stereocenters. The van der Waals surface area contributed by atoms with Gasteiger partial charge in [0.25, 0.3) is 0 Å². The summed E-state index contributed by atoms with van der Waals surface area (Å²) in [7, 11) is 0. The van der Waals surface area contributed by atoms with Crippen molar-refractivity contribution >= 4 is 76.6 Å². The van der Waals surface area contributed by atoms with Crippen molar-refractivity contribution in [3.05, 3.63) is 97.2 Å². The van der Waals surface area contributed by atoms with E-state index in [1.54, 1.807) is 0 Å². The fourth-order valence-electron chi connectivity index (χ4n) is 5.13. The van der Waals surface area contributed by atoms with Crippen LogP contribution in [0.15, 0.2) is 107 Å². The van der Waals surface area contributed by atoms with Crippen molar-refractivity contribution in [1.82, 2.24) is 9.55 Å². The molecule has 4 heterocycles. The molecular weight excluding hydrogens is 454 g/mol. The van der Waals surface area contributed by atoms with Gasteiger partial charge in [-0.15, -0.1) is 11.3 Å². The molecule has 0 saturated heterocycles. The molecule has 34 heavy (non-hydrogen) atoms. The standard InChI is InChI=1S/C29H17N3S2/c1-3-9-24-18(6-1)19-12-14-22-27(29(19)34-24)28-23(8-5-15-30-28)32(22)17-11-13-21-26(16-17)33-25-10-4-2-7-20(25)31-21/h1-16,31H. The number of nitrogens with one attached hydrogen (secondary N) is 1. The first-order chi connectivity index (χ1) is 16.8. The summed E-state index contributed by atoms with van der Waals surface area (Å²) in [6.07, 6.45) is 1.90. The number of nitrogens with zero attached hydrogens (tertiary/aromatic N) is 2. The minimum atomic E-state index is 1.06. The Morgan fingerprint density at radius 3 is 2.59 bits per heavy atom.